The van der Waals surface area contributed by atoms with Crippen LogP contribution < -0.4 is 26.9 Å². The van der Waals surface area contributed by atoms with Crippen LogP contribution in [0.15, 0.2) is 83.2 Å². The summed E-state index contributed by atoms with van der Waals surface area (Å²) in [6, 6.07) is 7.88. The number of carbonyl (C=O) groups excluding carboxylic acids is 2. The molecule has 24 heteroatoms. The lowest BCUT2D eigenvalue weighted by Gasteiger charge is -2.44. The molecule has 2 saturated heterocycles. The summed E-state index contributed by atoms with van der Waals surface area (Å²) in [7, 11) is 0. The summed E-state index contributed by atoms with van der Waals surface area (Å²) in [5, 5.41) is 11.1. The van der Waals surface area contributed by atoms with Gasteiger partial charge < -0.3 is 30.4 Å². The molecule has 0 bridgehead atoms. The Bertz CT molecular complexity index is 4180. The Morgan fingerprint density at radius 1 is 0.580 bits per heavy atom. The molecular weight excluding hydrogens is 1130 g/mol. The number of amides is 2. The molecule has 8 heterocycles. The standard InChI is InChI=1S/C64H69F4N15O5/c1-14-47(85)80-34(10)25-78(26-35(80)11)60-39-24-43(68)56(50-41(66)18-16-20-45(50)84)75-62(39)83(64(88)77-60)58-53(32(6)7)72-46(73-54(58)33(8)9)21-22-48(86)81-36(12)27-79(28-37(81)13)59-38-23-42(67)55(49-40(65)17-15-19-44(49)69)74-61(38)82(63(87)76-59)57-51(30(2)3)70-29-71-52(57)31(4)5/h14-24,29-37,84H,1,25-28,69H2,2-13H3/b22-21-. The molecule has 0 spiro atoms. The van der Waals surface area contributed by atoms with Gasteiger partial charge in [0.1, 0.15) is 46.7 Å². The molecule has 88 heavy (non-hydrogen) atoms. The van der Waals surface area contributed by atoms with Crippen molar-refractivity contribution in [1.82, 2.24) is 58.8 Å². The summed E-state index contributed by atoms with van der Waals surface area (Å²) >= 11 is 0. The average Bonchev–Trinajstić information content (AvgIpc) is 0.777. The van der Waals surface area contributed by atoms with Gasteiger partial charge in [-0.1, -0.05) is 74.1 Å². The number of halogens is 4. The highest BCUT2D eigenvalue weighted by Gasteiger charge is 2.38. The second kappa shape index (κ2) is 24.0. The number of aromatic nitrogens is 10. The van der Waals surface area contributed by atoms with E-state index in [1.807, 2.05) is 83.1 Å². The fourth-order valence-electron chi connectivity index (χ4n) is 12.3. The van der Waals surface area contributed by atoms with E-state index in [1.54, 1.807) is 19.6 Å². The smallest absolute Gasteiger partial charge is 0.355 e. The molecule has 0 radical (unpaired) electrons. The van der Waals surface area contributed by atoms with E-state index in [-0.39, 0.29) is 100 Å². The first-order valence-corrected chi connectivity index (χ1v) is 29.2. The molecule has 20 nitrogen and oxygen atoms in total. The number of fused-ring (bicyclic) bond motifs is 2. The molecule has 2 fully saturated rings. The number of carbonyl (C=O) groups is 2. The van der Waals surface area contributed by atoms with Gasteiger partial charge in [0, 0.05) is 62.1 Å². The van der Waals surface area contributed by atoms with Gasteiger partial charge in [-0.05, 0) is 99.9 Å². The highest BCUT2D eigenvalue weighted by atomic mass is 19.1. The second-order valence-corrected chi connectivity index (χ2v) is 23.9. The Kier molecular flexibility index (Phi) is 16.8. The minimum Gasteiger partial charge on any atom is -0.507 e. The lowest BCUT2D eigenvalue weighted by Crippen LogP contribution is -2.58. The van der Waals surface area contributed by atoms with Crippen LogP contribution in [0.25, 0.3) is 62.0 Å². The Morgan fingerprint density at radius 3 is 1.41 bits per heavy atom. The Balaban J connectivity index is 1.04. The number of benzene rings is 2. The molecule has 458 valence electrons. The highest BCUT2D eigenvalue weighted by molar-refractivity contribution is 5.95. The summed E-state index contributed by atoms with van der Waals surface area (Å²) in [5.41, 5.74) is 4.78. The van der Waals surface area contributed by atoms with E-state index in [1.165, 1.54) is 64.0 Å². The number of nitrogens with zero attached hydrogens (tertiary/aromatic N) is 14. The lowest BCUT2D eigenvalue weighted by atomic mass is 10.0. The van der Waals surface area contributed by atoms with Crippen LogP contribution in [0.5, 0.6) is 5.75 Å². The first kappa shape index (κ1) is 61.6. The zero-order valence-electron chi connectivity index (χ0n) is 51.0. The van der Waals surface area contributed by atoms with E-state index < -0.39 is 99.3 Å². The van der Waals surface area contributed by atoms with Crippen molar-refractivity contribution in [3.05, 3.63) is 146 Å². The number of aromatic hydroxyl groups is 1. The van der Waals surface area contributed by atoms with Crippen molar-refractivity contribution in [3.8, 4) is 39.6 Å². The van der Waals surface area contributed by atoms with Gasteiger partial charge in [0.25, 0.3) is 0 Å². The van der Waals surface area contributed by atoms with Gasteiger partial charge in [0.15, 0.2) is 28.8 Å². The fourth-order valence-corrected chi connectivity index (χ4v) is 12.3. The summed E-state index contributed by atoms with van der Waals surface area (Å²) in [6.45, 7) is 26.6. The van der Waals surface area contributed by atoms with Gasteiger partial charge in [-0.3, -0.25) is 9.59 Å². The number of phenols is 1. The lowest BCUT2D eigenvalue weighted by molar-refractivity contribution is -0.131. The van der Waals surface area contributed by atoms with Crippen LogP contribution in [-0.4, -0.2) is 126 Å². The molecule has 0 aliphatic carbocycles. The van der Waals surface area contributed by atoms with Crippen molar-refractivity contribution in [2.75, 3.05) is 41.7 Å². The number of nitrogens with two attached hydrogens (primary N) is 1. The number of piperazine rings is 2. The minimum atomic E-state index is -1.01. The van der Waals surface area contributed by atoms with E-state index in [0.29, 0.717) is 28.5 Å². The summed E-state index contributed by atoms with van der Waals surface area (Å²) in [6.07, 6.45) is 5.46. The SMILES string of the molecule is C=CC(=O)N1C(C)CN(c2nc(=O)n(-c3c(C(C)C)nc(/C=C\C(=O)N4C(C)CN(c5nc(=O)n(-c6c(C(C)C)ncnc6C(C)C)c6nc(-c7c(N)cccc7F)c(F)cc56)CC4C)nc3C(C)C)c3nc(-c4c(O)cccc4F)c(F)cc23)CC1C. The minimum absolute atomic E-state index is 0.0381. The van der Waals surface area contributed by atoms with Crippen molar-refractivity contribution in [1.29, 1.82) is 0 Å². The summed E-state index contributed by atoms with van der Waals surface area (Å²) in [4.78, 5) is 102. The van der Waals surface area contributed by atoms with Gasteiger partial charge in [-0.15, -0.1) is 0 Å². The molecule has 3 N–H and O–H groups in total. The van der Waals surface area contributed by atoms with E-state index in [2.05, 4.69) is 31.5 Å². The average molecular weight is 1200 g/mol. The van der Waals surface area contributed by atoms with Crippen LogP contribution in [-0.2, 0) is 9.59 Å². The monoisotopic (exact) mass is 1200 g/mol. The van der Waals surface area contributed by atoms with Crippen molar-refractivity contribution in [2.24, 2.45) is 0 Å². The van der Waals surface area contributed by atoms with Crippen LogP contribution in [0.1, 0.15) is 135 Å². The largest absolute Gasteiger partial charge is 0.507 e. The quantitative estimate of drug-likeness (QED) is 0.0620. The van der Waals surface area contributed by atoms with E-state index >= 15 is 17.6 Å². The number of rotatable bonds is 13. The van der Waals surface area contributed by atoms with Crippen LogP contribution in [0.3, 0.4) is 0 Å². The zero-order valence-corrected chi connectivity index (χ0v) is 51.0. The predicted molar refractivity (Wildman–Crippen MR) is 330 cm³/mol. The highest BCUT2D eigenvalue weighted by Crippen LogP contribution is 2.40. The van der Waals surface area contributed by atoms with Gasteiger partial charge >= 0.3 is 11.4 Å². The molecule has 2 aliphatic rings. The molecule has 8 aromatic rings. The Hall–Kier alpha value is -9.48. The maximum Gasteiger partial charge on any atom is 0.355 e. The van der Waals surface area contributed by atoms with Gasteiger partial charge in [-0.25, -0.2) is 66.2 Å². The zero-order chi connectivity index (χ0) is 63.6. The van der Waals surface area contributed by atoms with Crippen LogP contribution >= 0.6 is 0 Å². The third-order valence-corrected chi connectivity index (χ3v) is 16.1. The fraction of sp³-hybridized carbons (Fsp3) is 0.375. The first-order valence-electron chi connectivity index (χ1n) is 29.2. The van der Waals surface area contributed by atoms with Gasteiger partial charge in [0.2, 0.25) is 11.8 Å². The van der Waals surface area contributed by atoms with Gasteiger partial charge in [-0.2, -0.15) is 9.97 Å². The maximum absolute atomic E-state index is 16.7. The van der Waals surface area contributed by atoms with Gasteiger partial charge in [0.05, 0.1) is 56.0 Å². The van der Waals surface area contributed by atoms with Crippen LogP contribution in [0.4, 0.5) is 34.9 Å². The van der Waals surface area contributed by atoms with E-state index in [9.17, 15) is 24.3 Å². The number of hydrogen-bond acceptors (Lipinski definition) is 16. The summed E-state index contributed by atoms with van der Waals surface area (Å²) < 4.78 is 67.1. The number of pyridine rings is 2. The third-order valence-electron chi connectivity index (χ3n) is 16.1. The molecule has 4 atom stereocenters. The van der Waals surface area contributed by atoms with Crippen molar-refractivity contribution >= 4 is 57.3 Å². The van der Waals surface area contributed by atoms with Crippen LogP contribution in [0.2, 0.25) is 0 Å². The number of nitrogen functional groups attached to an aromatic ring is 1. The van der Waals surface area contributed by atoms with E-state index in [0.717, 1.165) is 18.2 Å². The molecule has 2 aromatic carbocycles. The third kappa shape index (κ3) is 11.0. The normalized spacial score (nSPS) is 17.5. The molecule has 4 unspecified atom stereocenters. The number of hydrogen-bond donors (Lipinski definition) is 2. The maximum atomic E-state index is 16.7. The molecule has 2 aliphatic heterocycles. The predicted octanol–water partition coefficient (Wildman–Crippen LogP) is 9.88. The number of phenolic OH excluding ortho intramolecular Hbond substituents is 1. The van der Waals surface area contributed by atoms with E-state index in [4.69, 9.17) is 20.7 Å². The first-order chi connectivity index (χ1) is 41.7. The molecule has 2 amide bonds. The Morgan fingerprint density at radius 2 is 0.989 bits per heavy atom. The molecular formula is C64H69F4N15O5. The molecule has 6 aromatic heterocycles. The molecule has 0 saturated carbocycles. The Labute approximate surface area is 505 Å². The molecule has 10 rings (SSSR count). The topological polar surface area (TPSA) is 240 Å². The summed E-state index contributed by atoms with van der Waals surface area (Å²) in [5.74, 6) is -6.02. The van der Waals surface area contributed by atoms with Crippen LogP contribution in [0, 0.1) is 23.3 Å². The van der Waals surface area contributed by atoms with Crippen molar-refractivity contribution in [3.63, 3.8) is 0 Å². The van der Waals surface area contributed by atoms with Crippen molar-refractivity contribution in [2.45, 2.75) is 131 Å². The van der Waals surface area contributed by atoms with Crippen molar-refractivity contribution < 1.29 is 32.3 Å². The number of anilines is 3. The second-order valence-electron chi connectivity index (χ2n) is 23.9.